The first kappa shape index (κ1) is 20.1. The minimum absolute atomic E-state index is 0.116. The number of rotatable bonds is 5. The van der Waals surface area contributed by atoms with Crippen molar-refractivity contribution in [2.45, 2.75) is 37.7 Å². The lowest BCUT2D eigenvalue weighted by Gasteiger charge is -2.37. The largest absolute Gasteiger partial charge is 0.387 e. The van der Waals surface area contributed by atoms with Gasteiger partial charge in [-0.05, 0) is 66.8 Å². The molecule has 2 amide bonds. The van der Waals surface area contributed by atoms with E-state index in [-0.39, 0.29) is 18.4 Å². The molecule has 0 saturated carbocycles. The van der Waals surface area contributed by atoms with Crippen molar-refractivity contribution < 1.29 is 19.4 Å². The van der Waals surface area contributed by atoms with E-state index < -0.39 is 5.60 Å². The summed E-state index contributed by atoms with van der Waals surface area (Å²) < 4.78 is 5.09. The summed E-state index contributed by atoms with van der Waals surface area (Å²) in [5.74, 6) is -0.306. The van der Waals surface area contributed by atoms with Crippen LogP contribution in [0.4, 0.5) is 5.00 Å². The predicted octanol–water partition coefficient (Wildman–Crippen LogP) is 3.10. The van der Waals surface area contributed by atoms with Crippen LogP contribution in [0.2, 0.25) is 0 Å². The predicted molar refractivity (Wildman–Crippen MR) is 113 cm³/mol. The van der Waals surface area contributed by atoms with Gasteiger partial charge in [0.05, 0.1) is 17.8 Å². The smallest absolute Gasteiger partial charge is 0.256 e. The molecule has 2 N–H and O–H groups in total. The number of carbonyl (C=O) groups is 2. The quantitative estimate of drug-likeness (QED) is 0.788. The Labute approximate surface area is 174 Å². The van der Waals surface area contributed by atoms with E-state index in [1.807, 2.05) is 23.6 Å². The van der Waals surface area contributed by atoms with Crippen molar-refractivity contribution in [3.63, 3.8) is 0 Å². The molecule has 1 aromatic carbocycles. The van der Waals surface area contributed by atoms with E-state index in [1.165, 1.54) is 22.5 Å². The highest BCUT2D eigenvalue weighted by Gasteiger charge is 2.34. The van der Waals surface area contributed by atoms with Crippen molar-refractivity contribution in [2.24, 2.45) is 0 Å². The van der Waals surface area contributed by atoms with Gasteiger partial charge in [-0.3, -0.25) is 9.59 Å². The van der Waals surface area contributed by atoms with E-state index in [2.05, 4.69) is 5.32 Å². The van der Waals surface area contributed by atoms with Crippen LogP contribution < -0.4 is 5.32 Å². The molecule has 0 unspecified atom stereocenters. The van der Waals surface area contributed by atoms with E-state index in [0.717, 1.165) is 19.3 Å². The second-order valence-corrected chi connectivity index (χ2v) is 8.82. The van der Waals surface area contributed by atoms with E-state index in [0.29, 0.717) is 42.1 Å². The molecule has 2 aliphatic rings. The molecule has 0 radical (unpaired) electrons. The summed E-state index contributed by atoms with van der Waals surface area (Å²) in [6.45, 7) is 1.20. The topological polar surface area (TPSA) is 78.9 Å². The maximum absolute atomic E-state index is 13.0. The first-order chi connectivity index (χ1) is 14.0. The Morgan fingerprint density at radius 2 is 1.97 bits per heavy atom. The molecular weight excluding hydrogens is 388 g/mol. The number of aryl methyl sites for hydroxylation is 2. The van der Waals surface area contributed by atoms with Gasteiger partial charge in [0.15, 0.2) is 0 Å². The number of hydrogen-bond acceptors (Lipinski definition) is 5. The summed E-state index contributed by atoms with van der Waals surface area (Å²) >= 11 is 1.35. The number of piperidine rings is 1. The van der Waals surface area contributed by atoms with Gasteiger partial charge >= 0.3 is 0 Å². The number of fused-ring (bicyclic) bond motifs is 1. The molecule has 7 heteroatoms. The highest BCUT2D eigenvalue weighted by atomic mass is 32.1. The lowest BCUT2D eigenvalue weighted by atomic mass is 9.92. The Bertz CT molecular complexity index is 915. The lowest BCUT2D eigenvalue weighted by Crippen LogP contribution is -2.48. The Balaban J connectivity index is 1.43. The third kappa shape index (κ3) is 4.22. The van der Waals surface area contributed by atoms with Gasteiger partial charge in [-0.15, -0.1) is 11.3 Å². The number of aliphatic hydroxyl groups is 1. The van der Waals surface area contributed by atoms with E-state index in [9.17, 15) is 14.7 Å². The number of nitrogens with one attached hydrogen (secondary N) is 1. The highest BCUT2D eigenvalue weighted by Crippen LogP contribution is 2.29. The Hall–Kier alpha value is -2.22. The molecule has 2 heterocycles. The van der Waals surface area contributed by atoms with Crippen LogP contribution in [0.3, 0.4) is 0 Å². The number of thiophene rings is 1. The van der Waals surface area contributed by atoms with Crippen LogP contribution in [-0.4, -0.2) is 54.2 Å². The first-order valence-electron chi connectivity index (χ1n) is 10.0. The Morgan fingerprint density at radius 3 is 2.72 bits per heavy atom. The van der Waals surface area contributed by atoms with Crippen LogP contribution in [0.15, 0.2) is 29.6 Å². The molecule has 2 aromatic rings. The van der Waals surface area contributed by atoms with Gasteiger partial charge < -0.3 is 20.1 Å². The normalized spacial score (nSPS) is 17.8. The zero-order valence-corrected chi connectivity index (χ0v) is 17.4. The maximum Gasteiger partial charge on any atom is 0.256 e. The van der Waals surface area contributed by atoms with Gasteiger partial charge in [-0.25, -0.2) is 0 Å². The van der Waals surface area contributed by atoms with Crippen LogP contribution in [0.5, 0.6) is 0 Å². The third-order valence-corrected chi connectivity index (χ3v) is 6.71. The first-order valence-corrected chi connectivity index (χ1v) is 10.9. The zero-order valence-electron chi connectivity index (χ0n) is 16.6. The van der Waals surface area contributed by atoms with Crippen molar-refractivity contribution in [2.75, 3.05) is 32.1 Å². The number of nitrogens with zero attached hydrogens (tertiary/aromatic N) is 1. The molecule has 154 valence electrons. The van der Waals surface area contributed by atoms with Crippen LogP contribution in [0.25, 0.3) is 0 Å². The number of anilines is 1. The molecule has 4 rings (SSSR count). The monoisotopic (exact) mass is 414 g/mol. The van der Waals surface area contributed by atoms with Crippen LogP contribution in [0.1, 0.15) is 51.1 Å². The van der Waals surface area contributed by atoms with Crippen LogP contribution >= 0.6 is 11.3 Å². The maximum atomic E-state index is 13.0. The van der Waals surface area contributed by atoms with Crippen molar-refractivity contribution in [1.29, 1.82) is 0 Å². The molecule has 0 spiro atoms. The summed E-state index contributed by atoms with van der Waals surface area (Å²) in [5.41, 5.74) is 2.83. The van der Waals surface area contributed by atoms with Crippen molar-refractivity contribution in [3.8, 4) is 0 Å². The van der Waals surface area contributed by atoms with Crippen molar-refractivity contribution in [1.82, 2.24) is 4.90 Å². The minimum Gasteiger partial charge on any atom is -0.387 e. The average molecular weight is 415 g/mol. The van der Waals surface area contributed by atoms with E-state index in [1.54, 1.807) is 18.1 Å². The minimum atomic E-state index is -0.870. The molecule has 1 fully saturated rings. The summed E-state index contributed by atoms with van der Waals surface area (Å²) in [5, 5.41) is 15.8. The summed E-state index contributed by atoms with van der Waals surface area (Å²) in [6.07, 6.45) is 4.19. The number of carbonyl (C=O) groups excluding carboxylic acids is 2. The highest BCUT2D eigenvalue weighted by molar-refractivity contribution is 7.14. The summed E-state index contributed by atoms with van der Waals surface area (Å²) in [7, 11) is 1.57. The van der Waals surface area contributed by atoms with Crippen molar-refractivity contribution in [3.05, 3.63) is 51.9 Å². The summed E-state index contributed by atoms with van der Waals surface area (Å²) in [6, 6.07) is 7.61. The van der Waals surface area contributed by atoms with Gasteiger partial charge in [-0.2, -0.15) is 0 Å². The van der Waals surface area contributed by atoms with E-state index in [4.69, 9.17) is 4.74 Å². The van der Waals surface area contributed by atoms with Gasteiger partial charge in [0.2, 0.25) is 0 Å². The summed E-state index contributed by atoms with van der Waals surface area (Å²) in [4.78, 5) is 27.5. The van der Waals surface area contributed by atoms with Gasteiger partial charge in [0, 0.05) is 25.8 Å². The Kier molecular flexibility index (Phi) is 5.72. The van der Waals surface area contributed by atoms with Gasteiger partial charge in [-0.1, -0.05) is 6.07 Å². The Morgan fingerprint density at radius 1 is 1.21 bits per heavy atom. The number of likely N-dealkylation sites (tertiary alicyclic amines) is 1. The number of amides is 2. The molecule has 1 saturated heterocycles. The fourth-order valence-corrected chi connectivity index (χ4v) is 4.95. The second-order valence-electron chi connectivity index (χ2n) is 7.90. The number of methoxy groups -OCH3 is 1. The molecule has 1 aliphatic carbocycles. The molecule has 29 heavy (non-hydrogen) atoms. The molecule has 6 nitrogen and oxygen atoms in total. The van der Waals surface area contributed by atoms with Crippen LogP contribution in [-0.2, 0) is 17.6 Å². The van der Waals surface area contributed by atoms with E-state index >= 15 is 0 Å². The number of benzene rings is 1. The molecule has 1 aromatic heterocycles. The standard InChI is InChI=1S/C22H26N2O4S/c1-28-14-22(27)8-10-24(11-9-22)21(26)18-7-12-29-20(18)23-19(25)17-6-5-15-3-2-4-16(15)13-17/h5-7,12-13,27H,2-4,8-11,14H2,1H3,(H,23,25). The second kappa shape index (κ2) is 8.26. The zero-order chi connectivity index (χ0) is 20.4. The SMILES string of the molecule is COCC1(O)CCN(C(=O)c2ccsc2NC(=O)c2ccc3c(c2)CCC3)CC1. The number of ether oxygens (including phenoxy) is 1. The molecular formula is C22H26N2O4S. The molecule has 1 aliphatic heterocycles. The van der Waals surface area contributed by atoms with Crippen LogP contribution in [0, 0.1) is 0 Å². The lowest BCUT2D eigenvalue weighted by molar-refractivity contribution is -0.0662. The molecule has 0 atom stereocenters. The average Bonchev–Trinajstić information content (AvgIpc) is 3.36. The number of hydrogen-bond donors (Lipinski definition) is 2. The third-order valence-electron chi connectivity index (χ3n) is 5.88. The fraction of sp³-hybridized carbons (Fsp3) is 0.455. The van der Waals surface area contributed by atoms with Gasteiger partial charge in [0.1, 0.15) is 5.00 Å². The van der Waals surface area contributed by atoms with Crippen molar-refractivity contribution >= 4 is 28.2 Å². The fourth-order valence-electron chi connectivity index (χ4n) is 4.17. The molecule has 0 bridgehead atoms. The van der Waals surface area contributed by atoms with Gasteiger partial charge in [0.25, 0.3) is 11.8 Å².